The van der Waals surface area contributed by atoms with Crippen LogP contribution >= 0.6 is 0 Å². The molecule has 17 heavy (non-hydrogen) atoms. The molecule has 1 rings (SSSR count). The van der Waals surface area contributed by atoms with Crippen molar-refractivity contribution >= 4 is 8.32 Å². The summed E-state index contributed by atoms with van der Waals surface area (Å²) in [6.07, 6.45) is 9.08. The third-order valence-electron chi connectivity index (χ3n) is 2.77. The van der Waals surface area contributed by atoms with Crippen molar-refractivity contribution < 1.29 is 51.0 Å². The van der Waals surface area contributed by atoms with E-state index in [1.165, 1.54) is 5.57 Å². The molecule has 0 heterocycles. The molecule has 1 unspecified atom stereocenters. The fourth-order valence-corrected chi connectivity index (χ4v) is 4.17. The van der Waals surface area contributed by atoms with E-state index in [1.807, 2.05) is 0 Å². The zero-order valence-corrected chi connectivity index (χ0v) is 15.3. The van der Waals surface area contributed by atoms with Crippen molar-refractivity contribution in [1.82, 2.24) is 0 Å². The van der Waals surface area contributed by atoms with E-state index in [9.17, 15) is 0 Å². The molecule has 0 aromatic heterocycles. The SMILES string of the molecule is CC(C)O[Si](C)(C)C(C)C1=[C-]CC=C1.[Cl-].[Cl-].[Ti+3]. The van der Waals surface area contributed by atoms with E-state index in [0.29, 0.717) is 11.6 Å². The number of halogens is 2. The van der Waals surface area contributed by atoms with Crippen LogP contribution in [0.5, 0.6) is 0 Å². The minimum atomic E-state index is -1.59. The van der Waals surface area contributed by atoms with Crippen LogP contribution in [-0.2, 0) is 26.1 Å². The van der Waals surface area contributed by atoms with Crippen molar-refractivity contribution in [3.8, 4) is 0 Å². The van der Waals surface area contributed by atoms with Gasteiger partial charge in [0.05, 0.1) is 0 Å². The average molecular weight is 328 g/mol. The van der Waals surface area contributed by atoms with Crippen molar-refractivity contribution in [3.63, 3.8) is 0 Å². The largest absolute Gasteiger partial charge is 3.00 e. The maximum Gasteiger partial charge on any atom is 3.00 e. The number of allylic oxidation sites excluding steroid dienone is 4. The topological polar surface area (TPSA) is 9.23 Å². The summed E-state index contributed by atoms with van der Waals surface area (Å²) in [4.78, 5) is 0. The molecule has 1 atom stereocenters. The molecule has 97 valence electrons. The monoisotopic (exact) mass is 327 g/mol. The molecule has 0 saturated carbocycles. The van der Waals surface area contributed by atoms with Crippen molar-refractivity contribution in [2.75, 3.05) is 0 Å². The maximum atomic E-state index is 6.06. The molecule has 1 nitrogen and oxygen atoms in total. The van der Waals surface area contributed by atoms with E-state index in [4.69, 9.17) is 4.43 Å². The fourth-order valence-electron chi connectivity index (χ4n) is 1.80. The van der Waals surface area contributed by atoms with E-state index >= 15 is 0 Å². The Labute approximate surface area is 134 Å². The van der Waals surface area contributed by atoms with Gasteiger partial charge in [-0.3, -0.25) is 6.08 Å². The van der Waals surface area contributed by atoms with Crippen LogP contribution in [0.3, 0.4) is 0 Å². The third kappa shape index (κ3) is 7.19. The molecule has 1 radical (unpaired) electrons. The Morgan fingerprint density at radius 2 is 1.76 bits per heavy atom. The Morgan fingerprint density at radius 1 is 1.24 bits per heavy atom. The second kappa shape index (κ2) is 9.83. The second-order valence-corrected chi connectivity index (χ2v) is 9.04. The summed E-state index contributed by atoms with van der Waals surface area (Å²) >= 11 is 0. The molecule has 5 heteroatoms. The summed E-state index contributed by atoms with van der Waals surface area (Å²) in [5, 5.41) is 0. The van der Waals surface area contributed by atoms with Crippen LogP contribution in [0, 0.1) is 6.08 Å². The number of rotatable bonds is 4. The van der Waals surface area contributed by atoms with Gasteiger partial charge in [0.25, 0.3) is 0 Å². The molecule has 0 amide bonds. The summed E-state index contributed by atoms with van der Waals surface area (Å²) in [5.74, 6) is 0. The molecular formula is C12H21Cl2OSiTi. The van der Waals surface area contributed by atoms with E-state index < -0.39 is 8.32 Å². The van der Waals surface area contributed by atoms with Gasteiger partial charge >= 0.3 is 21.7 Å². The van der Waals surface area contributed by atoms with Gasteiger partial charge in [0.15, 0.2) is 8.32 Å². The van der Waals surface area contributed by atoms with Crippen LogP contribution in [-0.4, -0.2) is 14.4 Å². The van der Waals surface area contributed by atoms with Gasteiger partial charge in [-0.15, -0.1) is 6.42 Å². The first-order valence-electron chi connectivity index (χ1n) is 5.38. The molecule has 0 saturated heterocycles. The summed E-state index contributed by atoms with van der Waals surface area (Å²) in [5.41, 5.74) is 1.89. The third-order valence-corrected chi connectivity index (χ3v) is 6.25. The molecule has 0 aliphatic heterocycles. The van der Waals surface area contributed by atoms with E-state index in [-0.39, 0.29) is 46.5 Å². The van der Waals surface area contributed by atoms with Crippen molar-refractivity contribution in [1.29, 1.82) is 0 Å². The molecule has 0 fully saturated rings. The normalized spacial score (nSPS) is 15.5. The summed E-state index contributed by atoms with van der Waals surface area (Å²) in [6, 6.07) is 0. The average Bonchev–Trinajstić information content (AvgIpc) is 2.51. The van der Waals surface area contributed by atoms with Crippen molar-refractivity contribution in [3.05, 3.63) is 23.8 Å². The Bertz CT molecular complexity index is 265. The number of hydrogen-bond donors (Lipinski definition) is 0. The predicted octanol–water partition coefficient (Wildman–Crippen LogP) is -2.30. The second-order valence-electron chi connectivity index (χ2n) is 4.73. The molecule has 0 spiro atoms. The Balaban J connectivity index is -0.000000653. The van der Waals surface area contributed by atoms with E-state index in [0.717, 1.165) is 6.42 Å². The van der Waals surface area contributed by atoms with Crippen molar-refractivity contribution in [2.45, 2.75) is 51.9 Å². The van der Waals surface area contributed by atoms with Gasteiger partial charge in [-0.2, -0.15) is 6.08 Å². The first-order chi connectivity index (χ1) is 6.43. The molecule has 1 aliphatic carbocycles. The van der Waals surface area contributed by atoms with Gasteiger partial charge < -0.3 is 29.2 Å². The van der Waals surface area contributed by atoms with Gasteiger partial charge in [-0.1, -0.05) is 6.92 Å². The Kier molecular flexibility index (Phi) is 13.3. The van der Waals surface area contributed by atoms with Gasteiger partial charge in [0.1, 0.15) is 0 Å². The van der Waals surface area contributed by atoms with Crippen molar-refractivity contribution in [2.24, 2.45) is 0 Å². The van der Waals surface area contributed by atoms with Gasteiger partial charge in [-0.25, -0.2) is 11.6 Å². The molecule has 0 aromatic carbocycles. The maximum absolute atomic E-state index is 6.06. The fraction of sp³-hybridized carbons (Fsp3) is 0.667. The van der Waals surface area contributed by atoms with Gasteiger partial charge in [0.2, 0.25) is 0 Å². The minimum Gasteiger partial charge on any atom is -1.00 e. The van der Waals surface area contributed by atoms with E-state index in [1.54, 1.807) is 0 Å². The van der Waals surface area contributed by atoms with Gasteiger partial charge in [0, 0.05) is 6.10 Å². The van der Waals surface area contributed by atoms with Gasteiger partial charge in [-0.05, 0) is 32.5 Å². The quantitative estimate of drug-likeness (QED) is 0.417. The first-order valence-corrected chi connectivity index (χ1v) is 8.37. The minimum absolute atomic E-state index is 0. The van der Waals surface area contributed by atoms with Crippen LogP contribution in [0.2, 0.25) is 18.6 Å². The van der Waals surface area contributed by atoms with E-state index in [2.05, 4.69) is 52.1 Å². The smallest absolute Gasteiger partial charge is 1.00 e. The van der Waals surface area contributed by atoms with Crippen LogP contribution in [0.15, 0.2) is 17.7 Å². The molecule has 0 bridgehead atoms. The van der Waals surface area contributed by atoms with Crippen LogP contribution < -0.4 is 24.8 Å². The number of hydrogen-bond acceptors (Lipinski definition) is 1. The molecule has 1 aliphatic rings. The Morgan fingerprint density at radius 3 is 2.12 bits per heavy atom. The van der Waals surface area contributed by atoms with Crippen LogP contribution in [0.4, 0.5) is 0 Å². The van der Waals surface area contributed by atoms with Crippen LogP contribution in [0.25, 0.3) is 0 Å². The molecule has 0 N–H and O–H groups in total. The predicted molar refractivity (Wildman–Crippen MR) is 63.6 cm³/mol. The summed E-state index contributed by atoms with van der Waals surface area (Å²) < 4.78 is 6.06. The zero-order chi connectivity index (χ0) is 10.8. The standard InChI is InChI=1S/C12H21OSi.2ClH.Ti/c1-10(2)13-14(4,5)11(3)12-8-6-7-9-12;;;/h6,8,10-11H,7H2,1-5H3;2*1H;/q-1;;;+3/p-2. The van der Waals surface area contributed by atoms with Crippen LogP contribution in [0.1, 0.15) is 27.2 Å². The zero-order valence-electron chi connectivity index (χ0n) is 11.2. The molecular weight excluding hydrogens is 307 g/mol. The molecule has 0 aromatic rings. The summed E-state index contributed by atoms with van der Waals surface area (Å²) in [6.45, 7) is 11.1. The summed E-state index contributed by atoms with van der Waals surface area (Å²) in [7, 11) is -1.59. The first kappa shape index (κ1) is 23.1. The Hall–Kier alpha value is 0.951.